The van der Waals surface area contributed by atoms with E-state index in [4.69, 9.17) is 5.73 Å². The van der Waals surface area contributed by atoms with Gasteiger partial charge in [0.05, 0.1) is 5.41 Å². The van der Waals surface area contributed by atoms with Gasteiger partial charge in [0.1, 0.15) is 6.04 Å². The van der Waals surface area contributed by atoms with E-state index in [1.807, 2.05) is 31.2 Å². The first-order valence-electron chi connectivity index (χ1n) is 7.35. The Morgan fingerprint density at radius 1 is 1.38 bits per heavy atom. The van der Waals surface area contributed by atoms with Crippen molar-refractivity contribution in [2.24, 2.45) is 11.1 Å². The molecule has 2 unspecified atom stereocenters. The molecule has 112 valence electrons. The van der Waals surface area contributed by atoms with Crippen molar-refractivity contribution in [3.63, 3.8) is 0 Å². The van der Waals surface area contributed by atoms with E-state index in [-0.39, 0.29) is 11.9 Å². The number of carboxylic acid groups (broad SMARTS) is 1. The Morgan fingerprint density at radius 3 is 2.71 bits per heavy atom. The fourth-order valence-corrected chi connectivity index (χ4v) is 3.57. The average Bonchev–Trinajstić information content (AvgIpc) is 3.00. The number of amides is 1. The van der Waals surface area contributed by atoms with Crippen LogP contribution in [0, 0.1) is 5.41 Å². The third-order valence-corrected chi connectivity index (χ3v) is 5.00. The molecule has 1 fully saturated rings. The highest BCUT2D eigenvalue weighted by atomic mass is 16.4. The summed E-state index contributed by atoms with van der Waals surface area (Å²) < 4.78 is 0. The van der Waals surface area contributed by atoms with Crippen LogP contribution in [0.3, 0.4) is 0 Å². The van der Waals surface area contributed by atoms with Gasteiger partial charge in [-0.3, -0.25) is 9.69 Å². The Hall–Kier alpha value is -1.88. The minimum absolute atomic E-state index is 0.148. The van der Waals surface area contributed by atoms with Gasteiger partial charge in [0, 0.05) is 18.2 Å². The summed E-state index contributed by atoms with van der Waals surface area (Å²) in [4.78, 5) is 26.1. The molecule has 1 aromatic rings. The SMILES string of the molecule is CC1(C(=O)N2c3ccccc3C[C@H]2C(=O)O)CCCC1N. The lowest BCUT2D eigenvalue weighted by Gasteiger charge is -2.34. The number of hydrogen-bond acceptors (Lipinski definition) is 3. The average molecular weight is 288 g/mol. The van der Waals surface area contributed by atoms with Gasteiger partial charge in [-0.25, -0.2) is 4.79 Å². The number of para-hydroxylation sites is 1. The van der Waals surface area contributed by atoms with Crippen LogP contribution in [0.25, 0.3) is 0 Å². The van der Waals surface area contributed by atoms with Crippen LogP contribution in [0.15, 0.2) is 24.3 Å². The number of rotatable bonds is 2. The molecule has 1 saturated carbocycles. The van der Waals surface area contributed by atoms with Gasteiger partial charge in [-0.2, -0.15) is 0 Å². The van der Waals surface area contributed by atoms with Crippen LogP contribution >= 0.6 is 0 Å². The highest BCUT2D eigenvalue weighted by Crippen LogP contribution is 2.42. The van der Waals surface area contributed by atoms with Gasteiger partial charge in [-0.1, -0.05) is 24.6 Å². The van der Waals surface area contributed by atoms with Crippen molar-refractivity contribution in [1.29, 1.82) is 0 Å². The maximum Gasteiger partial charge on any atom is 0.327 e. The van der Waals surface area contributed by atoms with Crippen molar-refractivity contribution in [2.45, 2.75) is 44.7 Å². The first-order chi connectivity index (χ1) is 9.95. The third kappa shape index (κ3) is 2.03. The molecule has 1 aromatic carbocycles. The van der Waals surface area contributed by atoms with Crippen molar-refractivity contribution in [3.05, 3.63) is 29.8 Å². The molecule has 1 amide bonds. The van der Waals surface area contributed by atoms with Crippen LogP contribution in [-0.2, 0) is 16.0 Å². The number of carbonyl (C=O) groups is 2. The van der Waals surface area contributed by atoms with E-state index in [0.717, 1.165) is 30.5 Å². The second-order valence-corrected chi connectivity index (χ2v) is 6.28. The molecule has 0 bridgehead atoms. The summed E-state index contributed by atoms with van der Waals surface area (Å²) in [5.41, 5.74) is 7.10. The summed E-state index contributed by atoms with van der Waals surface area (Å²) >= 11 is 0. The molecule has 2 aliphatic rings. The second kappa shape index (κ2) is 4.84. The summed E-state index contributed by atoms with van der Waals surface area (Å²) in [5, 5.41) is 9.47. The summed E-state index contributed by atoms with van der Waals surface area (Å²) in [7, 11) is 0. The molecule has 0 spiro atoms. The van der Waals surface area contributed by atoms with Crippen LogP contribution in [0.5, 0.6) is 0 Å². The summed E-state index contributed by atoms with van der Waals surface area (Å²) in [5.74, 6) is -1.11. The molecule has 5 heteroatoms. The van der Waals surface area contributed by atoms with Crippen molar-refractivity contribution >= 4 is 17.6 Å². The number of carboxylic acids is 1. The molecule has 3 rings (SSSR count). The van der Waals surface area contributed by atoms with E-state index < -0.39 is 17.4 Å². The number of nitrogens with two attached hydrogens (primary N) is 1. The highest BCUT2D eigenvalue weighted by Gasteiger charge is 2.49. The molecule has 1 aliphatic heterocycles. The van der Waals surface area contributed by atoms with Gasteiger partial charge < -0.3 is 10.8 Å². The van der Waals surface area contributed by atoms with E-state index in [1.165, 1.54) is 4.90 Å². The number of nitrogens with zero attached hydrogens (tertiary/aromatic N) is 1. The van der Waals surface area contributed by atoms with Crippen LogP contribution in [0.2, 0.25) is 0 Å². The van der Waals surface area contributed by atoms with E-state index in [0.29, 0.717) is 6.42 Å². The predicted octanol–water partition coefficient (Wildman–Crippen LogP) is 1.55. The molecule has 3 atom stereocenters. The zero-order valence-electron chi connectivity index (χ0n) is 12.1. The topological polar surface area (TPSA) is 83.6 Å². The fourth-order valence-electron chi connectivity index (χ4n) is 3.57. The van der Waals surface area contributed by atoms with Crippen LogP contribution in [0.4, 0.5) is 5.69 Å². The Balaban J connectivity index is 2.02. The van der Waals surface area contributed by atoms with E-state index in [9.17, 15) is 14.7 Å². The second-order valence-electron chi connectivity index (χ2n) is 6.28. The van der Waals surface area contributed by atoms with E-state index in [2.05, 4.69) is 0 Å². The smallest absolute Gasteiger partial charge is 0.327 e. The zero-order valence-corrected chi connectivity index (χ0v) is 12.1. The maximum atomic E-state index is 13.0. The van der Waals surface area contributed by atoms with Gasteiger partial charge >= 0.3 is 5.97 Å². The summed E-state index contributed by atoms with van der Waals surface area (Å²) in [6.45, 7) is 1.87. The number of benzene rings is 1. The zero-order chi connectivity index (χ0) is 15.2. The Morgan fingerprint density at radius 2 is 2.10 bits per heavy atom. The first-order valence-corrected chi connectivity index (χ1v) is 7.35. The minimum Gasteiger partial charge on any atom is -0.480 e. The van der Waals surface area contributed by atoms with Gasteiger partial charge in [0.2, 0.25) is 5.91 Å². The van der Waals surface area contributed by atoms with Gasteiger partial charge in [-0.15, -0.1) is 0 Å². The lowest BCUT2D eigenvalue weighted by atomic mass is 9.83. The van der Waals surface area contributed by atoms with Gasteiger partial charge in [0.25, 0.3) is 0 Å². The molecule has 0 saturated heterocycles. The number of aliphatic carboxylic acids is 1. The number of hydrogen-bond donors (Lipinski definition) is 2. The van der Waals surface area contributed by atoms with Crippen LogP contribution in [0.1, 0.15) is 31.7 Å². The third-order valence-electron chi connectivity index (χ3n) is 5.00. The Kier molecular flexibility index (Phi) is 3.24. The van der Waals surface area contributed by atoms with Gasteiger partial charge in [0.15, 0.2) is 0 Å². The summed E-state index contributed by atoms with van der Waals surface area (Å²) in [6.07, 6.45) is 2.81. The number of carbonyl (C=O) groups excluding carboxylic acids is 1. The quantitative estimate of drug-likeness (QED) is 0.864. The Labute approximate surface area is 123 Å². The fraction of sp³-hybridized carbons (Fsp3) is 0.500. The molecule has 0 radical (unpaired) electrons. The van der Waals surface area contributed by atoms with E-state index in [1.54, 1.807) is 0 Å². The number of fused-ring (bicyclic) bond motifs is 1. The van der Waals surface area contributed by atoms with Crippen LogP contribution < -0.4 is 10.6 Å². The maximum absolute atomic E-state index is 13.0. The lowest BCUT2D eigenvalue weighted by molar-refractivity contribution is -0.141. The van der Waals surface area contributed by atoms with Crippen molar-refractivity contribution in [3.8, 4) is 0 Å². The van der Waals surface area contributed by atoms with Crippen molar-refractivity contribution in [2.75, 3.05) is 4.90 Å². The number of anilines is 1. The normalized spacial score (nSPS) is 31.2. The van der Waals surface area contributed by atoms with Gasteiger partial charge in [-0.05, 0) is 31.4 Å². The van der Waals surface area contributed by atoms with Crippen molar-refractivity contribution < 1.29 is 14.7 Å². The highest BCUT2D eigenvalue weighted by molar-refractivity contribution is 6.05. The largest absolute Gasteiger partial charge is 0.480 e. The Bertz CT molecular complexity index is 601. The first kappa shape index (κ1) is 14.1. The van der Waals surface area contributed by atoms with Crippen molar-refractivity contribution in [1.82, 2.24) is 0 Å². The lowest BCUT2D eigenvalue weighted by Crippen LogP contribution is -2.53. The van der Waals surface area contributed by atoms with E-state index >= 15 is 0 Å². The predicted molar refractivity (Wildman–Crippen MR) is 79.0 cm³/mol. The molecule has 1 aliphatic carbocycles. The molecule has 0 aromatic heterocycles. The molecule has 3 N–H and O–H groups in total. The monoisotopic (exact) mass is 288 g/mol. The molecule has 5 nitrogen and oxygen atoms in total. The molecule has 1 heterocycles. The molecular formula is C16H20N2O3. The van der Waals surface area contributed by atoms with Crippen LogP contribution in [-0.4, -0.2) is 29.1 Å². The molecule has 21 heavy (non-hydrogen) atoms. The standard InChI is InChI=1S/C16H20N2O3/c1-16(8-4-7-13(16)17)15(21)18-11-6-3-2-5-10(11)9-12(18)14(19)20/h2-3,5-6,12-13H,4,7-9,17H2,1H3,(H,19,20)/t12-,13?,16?/m0/s1. The minimum atomic E-state index is -0.963. The molecular weight excluding hydrogens is 268 g/mol. The summed E-state index contributed by atoms with van der Waals surface area (Å²) in [6, 6.07) is 6.39.